The van der Waals surface area contributed by atoms with Gasteiger partial charge in [0.15, 0.2) is 0 Å². The zero-order chi connectivity index (χ0) is 19.4. The minimum Gasteiger partial charge on any atom is -0.759 e. The van der Waals surface area contributed by atoms with Gasteiger partial charge in [0.25, 0.3) is 0 Å². The van der Waals surface area contributed by atoms with Crippen LogP contribution in [0, 0.1) is 0 Å². The average Bonchev–Trinajstić information content (AvgIpc) is 2.49. The van der Waals surface area contributed by atoms with Gasteiger partial charge < -0.3 is 14.2 Å². The first kappa shape index (κ1) is 30.8. The van der Waals surface area contributed by atoms with Crippen LogP contribution in [0.4, 0.5) is 0 Å². The van der Waals surface area contributed by atoms with E-state index in [4.69, 9.17) is 22.6 Å². The summed E-state index contributed by atoms with van der Waals surface area (Å²) in [6.07, 6.45) is 21.6. The Bertz CT molecular complexity index is 415. The van der Waals surface area contributed by atoms with Crippen molar-refractivity contribution in [2.45, 2.75) is 96.8 Å². The third-order valence-electron chi connectivity index (χ3n) is 3.73. The van der Waals surface area contributed by atoms with Gasteiger partial charge in [-0.25, -0.2) is 4.79 Å². The number of carboxylic acids is 1. The van der Waals surface area contributed by atoms with Gasteiger partial charge in [0, 0.05) is 16.5 Å². The van der Waals surface area contributed by atoms with E-state index >= 15 is 0 Å². The van der Waals surface area contributed by atoms with E-state index in [0.29, 0.717) is 0 Å². The molecule has 0 aromatic heterocycles. The van der Waals surface area contributed by atoms with Gasteiger partial charge in [0.1, 0.15) is 0 Å². The molecule has 0 saturated carbocycles. The molecule has 0 bridgehead atoms. The standard InChI is InChI=1S/C18H34O2.Na.H2O4S/c1-2-3-4-5-6-7-8-9-10-11-12-13-14-15-16-17-18(19)20;;1-5(2,3)4/h16-17H,2-15H2,1H3,(H,19,20);;(H2,1,2,3,4)/q;+1;/p-2/b17-16+;;. The molecule has 0 saturated heterocycles. The van der Waals surface area contributed by atoms with Crippen LogP contribution >= 0.6 is 0 Å². The van der Waals surface area contributed by atoms with E-state index in [0.717, 1.165) is 12.8 Å². The number of carbonyl (C=O) groups is 1. The number of unbranched alkanes of at least 4 members (excludes halogenated alkanes) is 13. The minimum atomic E-state index is -5.17. The number of hydrogen-bond acceptors (Lipinski definition) is 5. The third-order valence-corrected chi connectivity index (χ3v) is 3.73. The van der Waals surface area contributed by atoms with Crippen molar-refractivity contribution in [3.05, 3.63) is 12.2 Å². The summed E-state index contributed by atoms with van der Waals surface area (Å²) in [5.41, 5.74) is 0. The molecular weight excluding hydrogens is 367 g/mol. The molecule has 0 atom stereocenters. The van der Waals surface area contributed by atoms with Gasteiger partial charge in [0.05, 0.1) is 0 Å². The first-order chi connectivity index (χ1) is 11.8. The molecule has 8 heteroatoms. The van der Waals surface area contributed by atoms with Gasteiger partial charge >= 0.3 is 35.5 Å². The fraction of sp³-hybridized carbons (Fsp3) is 0.833. The molecular formula is C18H34NaO6S-. The first-order valence-electron chi connectivity index (χ1n) is 9.33. The maximum atomic E-state index is 10.2. The van der Waals surface area contributed by atoms with Crippen LogP contribution in [0.5, 0.6) is 0 Å². The van der Waals surface area contributed by atoms with Crippen molar-refractivity contribution < 1.29 is 57.0 Å². The molecule has 1 N–H and O–H groups in total. The Morgan fingerprint density at radius 3 is 1.42 bits per heavy atom. The average molecular weight is 402 g/mol. The number of carboxylic acid groups (broad SMARTS) is 1. The van der Waals surface area contributed by atoms with Crippen molar-refractivity contribution in [3.8, 4) is 0 Å². The third kappa shape index (κ3) is 44.0. The largest absolute Gasteiger partial charge is 1.00 e. The smallest absolute Gasteiger partial charge is 0.759 e. The number of hydrogen-bond donors (Lipinski definition) is 1. The molecule has 0 unspecified atom stereocenters. The first-order valence-corrected chi connectivity index (χ1v) is 10.7. The zero-order valence-electron chi connectivity index (χ0n) is 16.5. The second kappa shape index (κ2) is 23.1. The zero-order valence-corrected chi connectivity index (χ0v) is 19.3. The predicted molar refractivity (Wildman–Crippen MR) is 97.6 cm³/mol. The van der Waals surface area contributed by atoms with Crippen LogP contribution in [-0.4, -0.2) is 28.6 Å². The summed E-state index contributed by atoms with van der Waals surface area (Å²) in [6, 6.07) is 0. The Labute approximate surface area is 181 Å². The summed E-state index contributed by atoms with van der Waals surface area (Å²) in [6.45, 7) is 2.27. The van der Waals surface area contributed by atoms with Crippen molar-refractivity contribution in [2.24, 2.45) is 0 Å². The molecule has 6 nitrogen and oxygen atoms in total. The second-order valence-electron chi connectivity index (χ2n) is 6.18. The van der Waals surface area contributed by atoms with Crippen molar-refractivity contribution in [1.29, 1.82) is 0 Å². The Morgan fingerprint density at radius 2 is 1.12 bits per heavy atom. The van der Waals surface area contributed by atoms with Gasteiger partial charge in [-0.3, -0.25) is 8.42 Å². The van der Waals surface area contributed by atoms with Gasteiger partial charge in [-0.15, -0.1) is 0 Å². The van der Waals surface area contributed by atoms with Crippen LogP contribution in [0.3, 0.4) is 0 Å². The van der Waals surface area contributed by atoms with Gasteiger partial charge in [0.2, 0.25) is 0 Å². The quantitative estimate of drug-likeness (QED) is 0.147. The van der Waals surface area contributed by atoms with Crippen molar-refractivity contribution in [3.63, 3.8) is 0 Å². The Kier molecular flexibility index (Phi) is 27.4. The molecule has 26 heavy (non-hydrogen) atoms. The topological polar surface area (TPSA) is 118 Å². The molecule has 0 aliphatic heterocycles. The normalized spacial score (nSPS) is 10.9. The predicted octanol–water partition coefficient (Wildman–Crippen LogP) is 1.77. The monoisotopic (exact) mass is 401 g/mol. The minimum absolute atomic E-state index is 0. The molecule has 0 aromatic carbocycles. The molecule has 0 aliphatic carbocycles. The number of allylic oxidation sites excluding steroid dienone is 1. The van der Waals surface area contributed by atoms with Crippen LogP contribution < -0.4 is 29.6 Å². The maximum absolute atomic E-state index is 10.2. The summed E-state index contributed by atoms with van der Waals surface area (Å²) in [5, 5.41) is 8.43. The summed E-state index contributed by atoms with van der Waals surface area (Å²) < 4.78 is 34.1. The Morgan fingerprint density at radius 1 is 0.808 bits per heavy atom. The van der Waals surface area contributed by atoms with Crippen molar-refractivity contribution in [1.82, 2.24) is 0 Å². The number of aliphatic carboxylic acids is 1. The van der Waals surface area contributed by atoms with Gasteiger partial charge in [-0.2, -0.15) is 0 Å². The molecule has 0 radical (unpaired) electrons. The second-order valence-corrected chi connectivity index (χ2v) is 7.00. The van der Waals surface area contributed by atoms with E-state index < -0.39 is 16.4 Å². The molecule has 0 heterocycles. The maximum Gasteiger partial charge on any atom is 1.00 e. The van der Waals surface area contributed by atoms with E-state index in [1.807, 2.05) is 0 Å². The van der Waals surface area contributed by atoms with Crippen molar-refractivity contribution in [2.75, 3.05) is 0 Å². The summed E-state index contributed by atoms with van der Waals surface area (Å²) in [5.74, 6) is -0.834. The summed E-state index contributed by atoms with van der Waals surface area (Å²) >= 11 is 0. The van der Waals surface area contributed by atoms with Crippen molar-refractivity contribution >= 4 is 16.4 Å². The molecule has 0 aliphatic rings. The van der Waals surface area contributed by atoms with E-state index in [1.54, 1.807) is 6.08 Å². The van der Waals surface area contributed by atoms with Gasteiger partial charge in [-0.1, -0.05) is 90.0 Å². The molecule has 150 valence electrons. The number of rotatable bonds is 15. The summed E-state index contributed by atoms with van der Waals surface area (Å²) in [7, 11) is -5.17. The molecule has 0 amide bonds. The SMILES string of the molecule is CCCCCCCCCCCCCCC/C=C/C(=O)O.O=S(=O)([O-])[O-].[Na+]. The van der Waals surface area contributed by atoms with Crippen LogP contribution in [0.15, 0.2) is 12.2 Å². The van der Waals surface area contributed by atoms with Crippen LogP contribution in [0.25, 0.3) is 0 Å². The molecule has 0 aromatic rings. The molecule has 0 rings (SSSR count). The van der Waals surface area contributed by atoms with Crippen LogP contribution in [-0.2, 0) is 15.2 Å². The van der Waals surface area contributed by atoms with E-state index in [-0.39, 0.29) is 29.6 Å². The van der Waals surface area contributed by atoms with E-state index in [9.17, 15) is 4.79 Å². The van der Waals surface area contributed by atoms with E-state index in [1.165, 1.54) is 83.1 Å². The Balaban J connectivity index is -0.000000772. The fourth-order valence-corrected chi connectivity index (χ4v) is 2.46. The molecule has 0 fully saturated rings. The van der Waals surface area contributed by atoms with Gasteiger partial charge in [-0.05, 0) is 12.8 Å². The van der Waals surface area contributed by atoms with Crippen LogP contribution in [0.2, 0.25) is 0 Å². The molecule has 0 spiro atoms. The Hall–Kier alpha value is 0.0800. The van der Waals surface area contributed by atoms with E-state index in [2.05, 4.69) is 6.92 Å². The summed E-state index contributed by atoms with van der Waals surface area (Å²) in [4.78, 5) is 10.2. The van der Waals surface area contributed by atoms with Crippen LogP contribution in [0.1, 0.15) is 96.8 Å². The fourth-order valence-electron chi connectivity index (χ4n) is 2.46.